The molecule has 2 aromatic rings. The van der Waals surface area contributed by atoms with Gasteiger partial charge in [0.25, 0.3) is 0 Å². The van der Waals surface area contributed by atoms with Crippen molar-refractivity contribution in [3.05, 3.63) is 71.8 Å². The molecule has 2 N–H and O–H groups in total. The van der Waals surface area contributed by atoms with Crippen LogP contribution in [0.25, 0.3) is 0 Å². The second-order valence-electron chi connectivity index (χ2n) is 5.11. The summed E-state index contributed by atoms with van der Waals surface area (Å²) in [6, 6.07) is 14.5. The number of benzene rings is 2. The molecule has 0 amide bonds. The van der Waals surface area contributed by atoms with Crippen LogP contribution in [-0.4, -0.2) is 10.2 Å². The highest BCUT2D eigenvalue weighted by Gasteiger charge is 2.25. The molecule has 0 atom stereocenters. The Bertz CT molecular complexity index is 534. The number of aromatic hydroxyl groups is 2. The monoisotopic (exact) mass is 268 g/mol. The SMILES string of the molecule is CCC=CC(C)(c1ccc(O)cc1)c1ccc(O)cc1. The number of hydrogen-bond donors (Lipinski definition) is 2. The molecule has 2 aromatic carbocycles. The molecule has 0 spiro atoms. The number of phenols is 2. The van der Waals surface area contributed by atoms with Gasteiger partial charge in [0.15, 0.2) is 0 Å². The van der Waals surface area contributed by atoms with Gasteiger partial charge in [-0.25, -0.2) is 0 Å². The van der Waals surface area contributed by atoms with E-state index in [0.29, 0.717) is 0 Å². The van der Waals surface area contributed by atoms with Crippen LogP contribution in [-0.2, 0) is 5.41 Å². The van der Waals surface area contributed by atoms with Crippen molar-refractivity contribution >= 4 is 0 Å². The van der Waals surface area contributed by atoms with Gasteiger partial charge in [0.05, 0.1) is 0 Å². The highest BCUT2D eigenvalue weighted by Crippen LogP contribution is 2.35. The van der Waals surface area contributed by atoms with Crippen LogP contribution in [0.2, 0.25) is 0 Å². The summed E-state index contributed by atoms with van der Waals surface area (Å²) in [5.74, 6) is 0.530. The molecule has 0 bridgehead atoms. The standard InChI is InChI=1S/C18H20O2/c1-3-4-13-18(2,14-5-9-16(19)10-6-14)15-7-11-17(20)12-8-15/h4-13,19-20H,3H2,1-2H3. The maximum absolute atomic E-state index is 9.45. The Balaban J connectivity index is 2.52. The van der Waals surface area contributed by atoms with E-state index in [4.69, 9.17) is 0 Å². The lowest BCUT2D eigenvalue weighted by molar-refractivity contribution is 0.474. The molecule has 0 aromatic heterocycles. The molecule has 0 aliphatic carbocycles. The van der Waals surface area contributed by atoms with Crippen molar-refractivity contribution in [3.8, 4) is 11.5 Å². The zero-order valence-corrected chi connectivity index (χ0v) is 11.9. The van der Waals surface area contributed by atoms with Crippen LogP contribution in [0.5, 0.6) is 11.5 Å². The predicted molar refractivity (Wildman–Crippen MR) is 82.1 cm³/mol. The highest BCUT2D eigenvalue weighted by molar-refractivity contribution is 5.46. The van der Waals surface area contributed by atoms with Crippen LogP contribution in [0.4, 0.5) is 0 Å². The minimum Gasteiger partial charge on any atom is -0.508 e. The van der Waals surface area contributed by atoms with Crippen LogP contribution >= 0.6 is 0 Å². The normalized spacial score (nSPS) is 11.9. The third kappa shape index (κ3) is 2.85. The molecular formula is C18H20O2. The van der Waals surface area contributed by atoms with E-state index >= 15 is 0 Å². The first-order valence-electron chi connectivity index (χ1n) is 6.83. The summed E-state index contributed by atoms with van der Waals surface area (Å²) >= 11 is 0. The summed E-state index contributed by atoms with van der Waals surface area (Å²) in [4.78, 5) is 0. The first-order valence-corrected chi connectivity index (χ1v) is 6.83. The van der Waals surface area contributed by atoms with Gasteiger partial charge in [-0.2, -0.15) is 0 Å². The van der Waals surface area contributed by atoms with Crippen molar-refractivity contribution in [2.75, 3.05) is 0 Å². The fourth-order valence-corrected chi connectivity index (χ4v) is 2.33. The average molecular weight is 268 g/mol. The van der Waals surface area contributed by atoms with Gasteiger partial charge in [-0.05, 0) is 48.7 Å². The molecule has 0 fully saturated rings. The fraction of sp³-hybridized carbons (Fsp3) is 0.222. The first-order chi connectivity index (χ1) is 9.56. The maximum atomic E-state index is 9.45. The molecule has 2 nitrogen and oxygen atoms in total. The highest BCUT2D eigenvalue weighted by atomic mass is 16.3. The lowest BCUT2D eigenvalue weighted by Gasteiger charge is -2.28. The second-order valence-corrected chi connectivity index (χ2v) is 5.11. The summed E-state index contributed by atoms with van der Waals surface area (Å²) in [5.41, 5.74) is 1.92. The molecule has 20 heavy (non-hydrogen) atoms. The van der Waals surface area contributed by atoms with E-state index in [0.717, 1.165) is 17.5 Å². The van der Waals surface area contributed by atoms with Gasteiger partial charge in [-0.1, -0.05) is 43.3 Å². The van der Waals surface area contributed by atoms with Gasteiger partial charge in [0, 0.05) is 5.41 Å². The number of hydrogen-bond acceptors (Lipinski definition) is 2. The molecule has 0 saturated heterocycles. The van der Waals surface area contributed by atoms with Gasteiger partial charge in [0.1, 0.15) is 11.5 Å². The quantitative estimate of drug-likeness (QED) is 0.808. The Labute approximate surface area is 120 Å². The maximum Gasteiger partial charge on any atom is 0.115 e. The minimum atomic E-state index is -0.280. The topological polar surface area (TPSA) is 40.5 Å². The van der Waals surface area contributed by atoms with Crippen LogP contribution in [0.15, 0.2) is 60.7 Å². The van der Waals surface area contributed by atoms with E-state index in [1.165, 1.54) is 0 Å². The molecular weight excluding hydrogens is 248 g/mol. The molecule has 0 saturated carbocycles. The van der Waals surface area contributed by atoms with Crippen molar-refractivity contribution in [1.29, 1.82) is 0 Å². The Hall–Kier alpha value is -2.22. The summed E-state index contributed by atoms with van der Waals surface area (Å²) in [5, 5.41) is 18.9. The van der Waals surface area contributed by atoms with Gasteiger partial charge >= 0.3 is 0 Å². The van der Waals surface area contributed by atoms with E-state index in [1.807, 2.05) is 24.3 Å². The van der Waals surface area contributed by atoms with Gasteiger partial charge in [-0.15, -0.1) is 0 Å². The molecule has 2 heteroatoms. The van der Waals surface area contributed by atoms with Crippen molar-refractivity contribution in [2.24, 2.45) is 0 Å². The van der Waals surface area contributed by atoms with Crippen LogP contribution in [0.1, 0.15) is 31.4 Å². The lowest BCUT2D eigenvalue weighted by atomic mass is 9.76. The van der Waals surface area contributed by atoms with Crippen molar-refractivity contribution in [3.63, 3.8) is 0 Å². The number of allylic oxidation sites excluding steroid dienone is 2. The summed E-state index contributed by atoms with van der Waals surface area (Å²) < 4.78 is 0. The molecule has 0 aliphatic rings. The molecule has 2 rings (SSSR count). The summed E-state index contributed by atoms with van der Waals surface area (Å²) in [6.45, 7) is 4.24. The third-order valence-corrected chi connectivity index (χ3v) is 3.62. The molecule has 0 unspecified atom stereocenters. The van der Waals surface area contributed by atoms with Crippen LogP contribution in [0.3, 0.4) is 0 Å². The van der Waals surface area contributed by atoms with Gasteiger partial charge in [-0.3, -0.25) is 0 Å². The summed E-state index contributed by atoms with van der Waals surface area (Å²) in [6.07, 6.45) is 5.28. The predicted octanol–water partition coefficient (Wildman–Crippen LogP) is 4.37. The Morgan fingerprint density at radius 3 is 1.60 bits per heavy atom. The van der Waals surface area contributed by atoms with Crippen molar-refractivity contribution in [1.82, 2.24) is 0 Å². The van der Waals surface area contributed by atoms with Crippen molar-refractivity contribution < 1.29 is 10.2 Å². The fourth-order valence-electron chi connectivity index (χ4n) is 2.33. The van der Waals surface area contributed by atoms with Gasteiger partial charge < -0.3 is 10.2 Å². The Morgan fingerprint density at radius 2 is 1.25 bits per heavy atom. The smallest absolute Gasteiger partial charge is 0.115 e. The van der Waals surface area contributed by atoms with Crippen LogP contribution < -0.4 is 0 Å². The Kier molecular flexibility index (Phi) is 4.14. The lowest BCUT2D eigenvalue weighted by Crippen LogP contribution is -2.20. The van der Waals surface area contributed by atoms with E-state index in [9.17, 15) is 10.2 Å². The largest absolute Gasteiger partial charge is 0.508 e. The van der Waals surface area contributed by atoms with Crippen molar-refractivity contribution in [2.45, 2.75) is 25.7 Å². The molecule has 104 valence electrons. The molecule has 0 radical (unpaired) electrons. The molecule has 0 aliphatic heterocycles. The van der Waals surface area contributed by atoms with E-state index in [2.05, 4.69) is 26.0 Å². The third-order valence-electron chi connectivity index (χ3n) is 3.62. The zero-order valence-electron chi connectivity index (χ0n) is 11.9. The second kappa shape index (κ2) is 5.83. The first kappa shape index (κ1) is 14.2. The molecule has 0 heterocycles. The Morgan fingerprint density at radius 1 is 0.850 bits per heavy atom. The number of phenolic OH excluding ortho intramolecular Hbond substituents is 2. The van der Waals surface area contributed by atoms with Gasteiger partial charge in [0.2, 0.25) is 0 Å². The van der Waals surface area contributed by atoms with E-state index in [1.54, 1.807) is 24.3 Å². The zero-order chi connectivity index (χ0) is 14.6. The summed E-state index contributed by atoms with van der Waals surface area (Å²) in [7, 11) is 0. The average Bonchev–Trinajstić information content (AvgIpc) is 2.46. The van der Waals surface area contributed by atoms with E-state index < -0.39 is 0 Å². The van der Waals surface area contributed by atoms with E-state index in [-0.39, 0.29) is 16.9 Å². The minimum absolute atomic E-state index is 0.265. The number of rotatable bonds is 4. The van der Waals surface area contributed by atoms with Crippen LogP contribution in [0, 0.1) is 0 Å².